The van der Waals surface area contributed by atoms with Crippen molar-refractivity contribution in [3.63, 3.8) is 0 Å². The van der Waals surface area contributed by atoms with Gasteiger partial charge in [-0.25, -0.2) is 0 Å². The number of hydrogen-bond donors (Lipinski definition) is 22. The van der Waals surface area contributed by atoms with Gasteiger partial charge in [0, 0.05) is 154 Å². The van der Waals surface area contributed by atoms with Gasteiger partial charge >= 0.3 is 0 Å². The number of guanidine groups is 2. The van der Waals surface area contributed by atoms with Gasteiger partial charge in [-0.05, 0) is 61.8 Å². The summed E-state index contributed by atoms with van der Waals surface area (Å²) >= 11 is 0. The molecule has 4 rings (SSSR count). The number of amides is 11. The fourth-order valence-electron chi connectivity index (χ4n) is 12.7. The van der Waals surface area contributed by atoms with Crippen molar-refractivity contribution in [2.24, 2.45) is 34.6 Å². The van der Waals surface area contributed by atoms with Gasteiger partial charge in [0.25, 0.3) is 0 Å². The van der Waals surface area contributed by atoms with Crippen LogP contribution in [0.3, 0.4) is 0 Å². The van der Waals surface area contributed by atoms with Crippen molar-refractivity contribution >= 4 is 87.8 Å². The van der Waals surface area contributed by atoms with Gasteiger partial charge < -0.3 is 146 Å². The van der Waals surface area contributed by atoms with Crippen molar-refractivity contribution in [1.82, 2.24) is 93.7 Å². The first kappa shape index (κ1) is 108. The SMILES string of the molecule is CC(=O)N[C@H](C(=O)N[C@@H](Cc1ccc(O)cc1)C(=O)N[C@@H](CCCNC(=N)N)C(=O)NCC(=O)N[C@@H](CCCNC(=N)N)C(=O)N[C@@H](CC(C)C)C(=O)NCCOCCOCCNC(=O)CN1CCN(CC(=O)NCCOCCOCCN)CCN(CC(=O)NCCOCCOCCN)CCN(CC(=O)NCCOCCOCCN)CC1)c1c[nH]c2ccccc12. The van der Waals surface area contributed by atoms with Crippen molar-refractivity contribution in [3.8, 4) is 5.75 Å². The predicted octanol–water partition coefficient (Wildman–Crippen LogP) is -7.27. The molecule has 1 aromatic heterocycles. The highest BCUT2D eigenvalue weighted by atomic mass is 16.5. The number of carbonyl (C=O) groups is 11. The summed E-state index contributed by atoms with van der Waals surface area (Å²) in [6.07, 6.45) is 1.85. The number of aromatic hydroxyl groups is 1. The Labute approximate surface area is 737 Å². The molecular formula is C81H141N25O20. The summed E-state index contributed by atoms with van der Waals surface area (Å²) < 4.78 is 44.4. The number of H-pyrrole nitrogens is 1. The lowest BCUT2D eigenvalue weighted by Crippen LogP contribution is -2.57. The molecule has 2 heterocycles. The summed E-state index contributed by atoms with van der Waals surface area (Å²) in [6, 6.07) is 6.53. The number of carbonyl (C=O) groups excluding carboxylic acids is 11. The van der Waals surface area contributed by atoms with E-state index in [4.69, 9.17) is 77.4 Å². The average molecular weight is 1790 g/mol. The van der Waals surface area contributed by atoms with Crippen molar-refractivity contribution in [3.05, 3.63) is 65.9 Å². The van der Waals surface area contributed by atoms with Gasteiger partial charge in [-0.15, -0.1) is 0 Å². The molecule has 0 saturated carbocycles. The minimum Gasteiger partial charge on any atom is -0.508 e. The maximum atomic E-state index is 14.5. The van der Waals surface area contributed by atoms with E-state index in [-0.39, 0.29) is 204 Å². The van der Waals surface area contributed by atoms with Crippen LogP contribution in [0.1, 0.15) is 70.0 Å². The highest BCUT2D eigenvalue weighted by molar-refractivity contribution is 5.98. The zero-order valence-electron chi connectivity index (χ0n) is 73.4. The third-order valence-electron chi connectivity index (χ3n) is 19.1. The minimum atomic E-state index is -1.40. The quantitative estimate of drug-likeness (QED) is 0.0142. The first-order chi connectivity index (χ1) is 60.8. The number of nitrogens with zero attached hydrogens (tertiary/aromatic N) is 4. The van der Waals surface area contributed by atoms with Crippen LogP contribution in [0.2, 0.25) is 0 Å². The van der Waals surface area contributed by atoms with Gasteiger partial charge in [0.05, 0.1) is 138 Å². The summed E-state index contributed by atoms with van der Waals surface area (Å²) in [5, 5.41) is 61.7. The van der Waals surface area contributed by atoms with Gasteiger partial charge in [0.15, 0.2) is 11.9 Å². The van der Waals surface area contributed by atoms with E-state index in [1.165, 1.54) is 19.1 Å². The number of nitrogens with two attached hydrogens (primary N) is 5. The molecule has 27 N–H and O–H groups in total. The number of aromatic nitrogens is 1. The summed E-state index contributed by atoms with van der Waals surface area (Å²) in [5.41, 5.74) is 29.1. The second kappa shape index (κ2) is 66.3. The highest BCUT2D eigenvalue weighted by Gasteiger charge is 2.34. The third-order valence-corrected chi connectivity index (χ3v) is 19.1. The predicted molar refractivity (Wildman–Crippen MR) is 470 cm³/mol. The van der Waals surface area contributed by atoms with Crippen LogP contribution in [0.5, 0.6) is 5.75 Å². The molecule has 0 spiro atoms. The molecule has 5 atom stereocenters. The maximum absolute atomic E-state index is 14.5. The number of para-hydroxylation sites is 1. The summed E-state index contributed by atoms with van der Waals surface area (Å²) in [6.45, 7) is 14.2. The zero-order chi connectivity index (χ0) is 91.9. The van der Waals surface area contributed by atoms with Crippen LogP contribution in [0.4, 0.5) is 0 Å². The summed E-state index contributed by atoms with van der Waals surface area (Å²) in [5.74, 6) is -6.98. The molecule has 45 heteroatoms. The molecule has 2 aromatic carbocycles. The average Bonchev–Trinajstić information content (AvgIpc) is 1.65. The molecule has 45 nitrogen and oxygen atoms in total. The van der Waals surface area contributed by atoms with Crippen LogP contribution in [-0.2, 0) is 97.1 Å². The molecule has 0 unspecified atom stereocenters. The number of ether oxygens (including phenoxy) is 8. The van der Waals surface area contributed by atoms with Gasteiger partial charge in [0.2, 0.25) is 65.0 Å². The molecule has 1 aliphatic heterocycles. The molecular weight excluding hydrogens is 1640 g/mol. The van der Waals surface area contributed by atoms with Crippen LogP contribution in [0.25, 0.3) is 10.9 Å². The van der Waals surface area contributed by atoms with E-state index in [1.54, 1.807) is 42.6 Å². The third kappa shape index (κ3) is 50.3. The number of phenols is 1. The lowest BCUT2D eigenvalue weighted by molar-refractivity contribution is -0.134. The Hall–Kier alpha value is -10.1. The normalized spacial score (nSPS) is 14.3. The fraction of sp³-hybridized carbons (Fsp3) is 0.667. The van der Waals surface area contributed by atoms with E-state index in [9.17, 15) is 57.8 Å². The van der Waals surface area contributed by atoms with E-state index in [0.717, 1.165) is 0 Å². The fourth-order valence-corrected chi connectivity index (χ4v) is 12.7. The van der Waals surface area contributed by atoms with Crippen LogP contribution >= 0.6 is 0 Å². The van der Waals surface area contributed by atoms with Gasteiger partial charge in [-0.2, -0.15) is 0 Å². The molecule has 0 bridgehead atoms. The lowest BCUT2D eigenvalue weighted by atomic mass is 10.0. The standard InChI is InChI=1S/C81H141N25O20/c1-58(2)50-67(101-77(116)66(11-7-20-95-81(87)88)99-69(109)53-97-75(114)65(10-6-19-94-80(85)86)100-78(117)68(51-60-12-14-61(108)15-13-60)102-79(118)74(98-59(3)107)63-52-96-64-9-5-4-8-62(63)64)76(115)93-25-41-126-49-48-125-40-24-92-73(113)57-106-32-30-104(55-71(111)90-22-38-123-46-43-120-35-17-83)28-26-103(54-70(110)89-21-37-122-45-42-119-34-16-82)27-29-105(31-33-106)56-72(112)91-23-39-124-47-44-121-36-18-84/h4-5,8-9,12-15,52,58,65-68,74,96,108H,6-7,10-11,16-51,53-57,82-84H2,1-3H3,(H,89,110)(H,90,111)(H,91,112)(H,92,113)(H,93,115)(H,97,114)(H,98,107)(H,99,109)(H,100,117)(H,101,116)(H,102,118)(H4,85,86,94)(H4,87,88,95)/t65-,66-,67-,68-,74-/m0/s1. The molecule has 1 fully saturated rings. The van der Waals surface area contributed by atoms with E-state index in [0.29, 0.717) is 153 Å². The number of phenolic OH excluding ortho intramolecular Hbond substituents is 1. The van der Waals surface area contributed by atoms with Crippen LogP contribution in [-0.4, -0.2) is 387 Å². The number of rotatable bonds is 66. The van der Waals surface area contributed by atoms with E-state index in [2.05, 4.69) is 74.1 Å². The lowest BCUT2D eigenvalue weighted by Gasteiger charge is -2.33. The number of benzene rings is 2. The van der Waals surface area contributed by atoms with Gasteiger partial charge in [0.1, 0.15) is 36.0 Å². The second-order valence-corrected chi connectivity index (χ2v) is 30.0. The molecule has 0 radical (unpaired) electrons. The van der Waals surface area contributed by atoms with Crippen LogP contribution in [0.15, 0.2) is 54.7 Å². The Bertz CT molecular complexity index is 3640. The van der Waals surface area contributed by atoms with Crippen LogP contribution < -0.4 is 97.8 Å². The molecule has 0 aliphatic carbocycles. The smallest absolute Gasteiger partial charge is 0.247 e. The largest absolute Gasteiger partial charge is 0.508 e. The molecule has 11 amide bonds. The number of fused-ring (bicyclic) bond motifs is 1. The Balaban J connectivity index is 1.35. The minimum absolute atomic E-state index is 0.0192. The zero-order valence-corrected chi connectivity index (χ0v) is 73.4. The topological polar surface area (TPSA) is 645 Å². The molecule has 126 heavy (non-hydrogen) atoms. The Morgan fingerprint density at radius 3 is 1.17 bits per heavy atom. The Morgan fingerprint density at radius 2 is 0.778 bits per heavy atom. The monoisotopic (exact) mass is 1780 g/mol. The first-order valence-corrected chi connectivity index (χ1v) is 43.0. The molecule has 710 valence electrons. The number of nitrogens with one attached hydrogen (secondary N) is 16. The van der Waals surface area contributed by atoms with E-state index >= 15 is 0 Å². The molecule has 1 aliphatic rings. The van der Waals surface area contributed by atoms with E-state index in [1.807, 2.05) is 33.4 Å². The number of aromatic amines is 1. The second-order valence-electron chi connectivity index (χ2n) is 30.0. The van der Waals surface area contributed by atoms with Crippen molar-refractivity contribution in [2.75, 3.05) is 256 Å². The van der Waals surface area contributed by atoms with Crippen molar-refractivity contribution in [2.45, 2.75) is 89.5 Å². The van der Waals surface area contributed by atoms with Gasteiger partial charge in [-0.1, -0.05) is 44.2 Å². The van der Waals surface area contributed by atoms with Crippen LogP contribution in [0, 0.1) is 16.7 Å². The van der Waals surface area contributed by atoms with Gasteiger partial charge in [-0.3, -0.25) is 83.2 Å². The maximum Gasteiger partial charge on any atom is 0.247 e. The number of hydrogen-bond acceptors (Lipinski definition) is 29. The summed E-state index contributed by atoms with van der Waals surface area (Å²) in [7, 11) is 0. The Morgan fingerprint density at radius 1 is 0.413 bits per heavy atom. The van der Waals surface area contributed by atoms with Crippen molar-refractivity contribution < 1.29 is 95.7 Å². The first-order valence-electron chi connectivity index (χ1n) is 43.0. The van der Waals surface area contributed by atoms with E-state index < -0.39 is 78.1 Å². The Kier molecular flexibility index (Phi) is 57.0. The van der Waals surface area contributed by atoms with Crippen molar-refractivity contribution in [1.29, 1.82) is 10.8 Å². The summed E-state index contributed by atoms with van der Waals surface area (Å²) in [4.78, 5) is 163. The molecule has 1 saturated heterocycles. The highest BCUT2D eigenvalue weighted by Crippen LogP contribution is 2.25. The molecule has 3 aromatic rings.